The Morgan fingerprint density at radius 2 is 1.94 bits per heavy atom. The zero-order valence-electron chi connectivity index (χ0n) is 9.66. The Labute approximate surface area is 100 Å². The molecule has 0 bridgehead atoms. The van der Waals surface area contributed by atoms with Crippen molar-refractivity contribution in [1.29, 1.82) is 0 Å². The highest BCUT2D eigenvalue weighted by Gasteiger charge is 2.31. The lowest BCUT2D eigenvalue weighted by Crippen LogP contribution is -2.22. The molecule has 0 N–H and O–H groups in total. The molecule has 0 fully saturated rings. The van der Waals surface area contributed by atoms with E-state index in [1.807, 2.05) is 18.7 Å². The van der Waals surface area contributed by atoms with Crippen LogP contribution in [0.25, 0.3) is 0 Å². The summed E-state index contributed by atoms with van der Waals surface area (Å²) in [6.45, 7) is 5.52. The largest absolute Gasteiger partial charge is 0.377 e. The van der Waals surface area contributed by atoms with Crippen molar-refractivity contribution in [2.75, 3.05) is 20.1 Å². The maximum Gasteiger partial charge on any atom is 0.261 e. The minimum absolute atomic E-state index is 0.193. The van der Waals surface area contributed by atoms with Gasteiger partial charge >= 0.3 is 0 Å². The summed E-state index contributed by atoms with van der Waals surface area (Å²) in [6.07, 6.45) is 2.32. The van der Waals surface area contributed by atoms with Crippen molar-refractivity contribution in [2.45, 2.75) is 13.8 Å². The van der Waals surface area contributed by atoms with Crippen LogP contribution in [0.2, 0.25) is 0 Å². The second kappa shape index (κ2) is 5.16. The lowest BCUT2D eigenvalue weighted by atomic mass is 10.1. The topological polar surface area (TPSA) is 40.6 Å². The smallest absolute Gasteiger partial charge is 0.261 e. The lowest BCUT2D eigenvalue weighted by Gasteiger charge is -2.16. The van der Waals surface area contributed by atoms with E-state index in [2.05, 4.69) is 0 Å². The first-order valence-corrected chi connectivity index (χ1v) is 5.53. The molecule has 0 saturated carbocycles. The summed E-state index contributed by atoms with van der Waals surface area (Å²) in [6, 6.07) is 0. The van der Waals surface area contributed by atoms with Crippen LogP contribution in [0.5, 0.6) is 0 Å². The third-order valence-electron chi connectivity index (χ3n) is 2.58. The maximum absolute atomic E-state index is 11.8. The average Bonchev–Trinajstić information content (AvgIpc) is 2.50. The Morgan fingerprint density at radius 1 is 1.38 bits per heavy atom. The third-order valence-corrected chi connectivity index (χ3v) is 3.04. The van der Waals surface area contributed by atoms with Gasteiger partial charge in [0.2, 0.25) is 0 Å². The van der Waals surface area contributed by atoms with E-state index in [4.69, 9.17) is 11.6 Å². The molecule has 16 heavy (non-hydrogen) atoms. The monoisotopic (exact) mass is 242 g/mol. The Kier molecular flexibility index (Phi) is 4.12. The number of nitrogens with zero attached hydrogens (tertiary/aromatic N) is 2. The zero-order valence-corrected chi connectivity index (χ0v) is 10.4. The number of aldehydes is 1. The summed E-state index contributed by atoms with van der Waals surface area (Å²) < 4.78 is 0. The molecule has 1 amide bonds. The van der Waals surface area contributed by atoms with Crippen LogP contribution in [0.1, 0.15) is 13.8 Å². The van der Waals surface area contributed by atoms with Gasteiger partial charge in [-0.15, -0.1) is 0 Å². The quantitative estimate of drug-likeness (QED) is 0.424. The Hall–Kier alpha value is -1.29. The van der Waals surface area contributed by atoms with Gasteiger partial charge in [-0.2, -0.15) is 0 Å². The van der Waals surface area contributed by atoms with Crippen molar-refractivity contribution < 1.29 is 9.59 Å². The Morgan fingerprint density at radius 3 is 2.38 bits per heavy atom. The van der Waals surface area contributed by atoms with Gasteiger partial charge in [0.1, 0.15) is 5.16 Å². The van der Waals surface area contributed by atoms with Crippen LogP contribution in [-0.2, 0) is 9.59 Å². The van der Waals surface area contributed by atoms with E-state index in [0.29, 0.717) is 11.9 Å². The molecule has 0 aromatic carbocycles. The van der Waals surface area contributed by atoms with E-state index in [1.54, 1.807) is 13.2 Å². The molecule has 1 aliphatic heterocycles. The van der Waals surface area contributed by atoms with E-state index in [0.717, 1.165) is 13.1 Å². The van der Waals surface area contributed by atoms with Crippen LogP contribution in [-0.4, -0.2) is 42.1 Å². The van der Waals surface area contributed by atoms with Gasteiger partial charge in [-0.25, -0.2) is 0 Å². The first-order valence-electron chi connectivity index (χ1n) is 5.16. The van der Waals surface area contributed by atoms with Gasteiger partial charge < -0.3 is 9.80 Å². The normalized spacial score (nSPS) is 18.6. The lowest BCUT2D eigenvalue weighted by molar-refractivity contribution is -0.123. The maximum atomic E-state index is 11.8. The molecule has 0 spiro atoms. The van der Waals surface area contributed by atoms with Crippen LogP contribution in [0, 0.1) is 0 Å². The van der Waals surface area contributed by atoms with Crippen LogP contribution in [0.3, 0.4) is 0 Å². The first-order chi connectivity index (χ1) is 7.56. The molecule has 0 saturated heterocycles. The van der Waals surface area contributed by atoms with Crippen molar-refractivity contribution in [3.05, 3.63) is 22.5 Å². The minimum atomic E-state index is -0.237. The van der Waals surface area contributed by atoms with Crippen molar-refractivity contribution in [2.24, 2.45) is 0 Å². The van der Waals surface area contributed by atoms with E-state index in [9.17, 15) is 9.59 Å². The predicted molar refractivity (Wildman–Crippen MR) is 62.7 cm³/mol. The zero-order chi connectivity index (χ0) is 12.3. The van der Waals surface area contributed by atoms with Gasteiger partial charge in [0.15, 0.2) is 6.29 Å². The molecule has 88 valence electrons. The summed E-state index contributed by atoms with van der Waals surface area (Å²) in [7, 11) is 1.55. The fraction of sp³-hybridized carbons (Fsp3) is 0.455. The second-order valence-corrected chi connectivity index (χ2v) is 3.81. The van der Waals surface area contributed by atoms with Gasteiger partial charge in [0.25, 0.3) is 5.91 Å². The number of hydrogen-bond donors (Lipinski definition) is 0. The molecule has 0 aliphatic carbocycles. The second-order valence-electron chi connectivity index (χ2n) is 3.45. The molecule has 5 heteroatoms. The molecule has 0 atom stereocenters. The van der Waals surface area contributed by atoms with Crippen molar-refractivity contribution >= 4 is 23.8 Å². The van der Waals surface area contributed by atoms with Crippen molar-refractivity contribution in [3.63, 3.8) is 0 Å². The van der Waals surface area contributed by atoms with Gasteiger partial charge in [0.05, 0.1) is 11.1 Å². The van der Waals surface area contributed by atoms with Crippen molar-refractivity contribution in [3.8, 4) is 0 Å². The summed E-state index contributed by atoms with van der Waals surface area (Å²) >= 11 is 5.88. The number of carbonyl (C=O) groups is 2. The van der Waals surface area contributed by atoms with Crippen LogP contribution in [0.15, 0.2) is 22.5 Å². The molecule has 0 radical (unpaired) electrons. The Balaban J connectivity index is 3.13. The number of hydrogen-bond acceptors (Lipinski definition) is 3. The summed E-state index contributed by atoms with van der Waals surface area (Å²) in [4.78, 5) is 25.9. The van der Waals surface area contributed by atoms with Crippen LogP contribution in [0.4, 0.5) is 0 Å². The van der Waals surface area contributed by atoms with Crippen molar-refractivity contribution in [1.82, 2.24) is 9.80 Å². The first kappa shape index (κ1) is 12.8. The van der Waals surface area contributed by atoms with Gasteiger partial charge in [-0.05, 0) is 13.8 Å². The molecule has 1 heterocycles. The minimum Gasteiger partial charge on any atom is -0.377 e. The van der Waals surface area contributed by atoms with Gasteiger partial charge in [-0.3, -0.25) is 9.59 Å². The number of rotatable bonds is 4. The molecule has 0 aromatic rings. The standard InChI is InChI=1S/C11H15ClN2O2/c1-4-14(5-2)6-8-9(7-15)10(12)13(3)11(8)16/h6-7H,4-5H2,1-3H3/b8-6-. The average molecular weight is 243 g/mol. The molecule has 0 unspecified atom stereocenters. The predicted octanol–water partition coefficient (Wildman–Crippen LogP) is 1.33. The Bertz CT molecular complexity index is 370. The highest BCUT2D eigenvalue weighted by molar-refractivity contribution is 6.35. The van der Waals surface area contributed by atoms with E-state index in [-0.39, 0.29) is 16.6 Å². The molecule has 1 aliphatic rings. The third kappa shape index (κ3) is 2.11. The number of halogens is 1. The number of likely N-dealkylation sites (N-methyl/N-ethyl adjacent to an activating group) is 1. The SMILES string of the molecule is CCN(/C=C1\C(=O)N(C)C(Cl)=C1C=O)CC. The molecule has 4 nitrogen and oxygen atoms in total. The van der Waals surface area contributed by atoms with E-state index >= 15 is 0 Å². The molecular formula is C11H15ClN2O2. The summed E-state index contributed by atoms with van der Waals surface area (Å²) in [5.74, 6) is -0.237. The highest BCUT2D eigenvalue weighted by atomic mass is 35.5. The van der Waals surface area contributed by atoms with Crippen LogP contribution >= 0.6 is 11.6 Å². The fourth-order valence-electron chi connectivity index (χ4n) is 1.50. The fourth-order valence-corrected chi connectivity index (χ4v) is 1.73. The summed E-state index contributed by atoms with van der Waals surface area (Å²) in [5, 5.41) is 0.193. The van der Waals surface area contributed by atoms with Crippen LogP contribution < -0.4 is 0 Å². The van der Waals surface area contributed by atoms with E-state index in [1.165, 1.54) is 4.90 Å². The van der Waals surface area contributed by atoms with Gasteiger partial charge in [0, 0.05) is 26.3 Å². The number of amides is 1. The molecular weight excluding hydrogens is 228 g/mol. The molecule has 0 aromatic heterocycles. The van der Waals surface area contributed by atoms with Gasteiger partial charge in [-0.1, -0.05) is 11.6 Å². The number of carbonyl (C=O) groups excluding carboxylic acids is 2. The highest BCUT2D eigenvalue weighted by Crippen LogP contribution is 2.29. The molecule has 1 rings (SSSR count). The van der Waals surface area contributed by atoms with E-state index < -0.39 is 0 Å². The summed E-state index contributed by atoms with van der Waals surface area (Å²) in [5.41, 5.74) is 0.632.